The zero-order valence-electron chi connectivity index (χ0n) is 11.0. The topological polar surface area (TPSA) is 47.8 Å². The van der Waals surface area contributed by atoms with Gasteiger partial charge in [-0.25, -0.2) is 0 Å². The van der Waals surface area contributed by atoms with E-state index in [4.69, 9.17) is 0 Å². The molecule has 2 aromatic rings. The molecule has 0 aromatic carbocycles. The van der Waals surface area contributed by atoms with Crippen LogP contribution in [0.5, 0.6) is 0 Å². The summed E-state index contributed by atoms with van der Waals surface area (Å²) in [6.45, 7) is 2.96. The first kappa shape index (κ1) is 14.3. The minimum Gasteiger partial charge on any atom is -0.306 e. The molecule has 0 atom stereocenters. The average Bonchev–Trinajstić information content (AvgIpc) is 3.06. The number of carbonyl (C=O) groups is 1. The lowest BCUT2D eigenvalue weighted by molar-refractivity contribution is 0.102. The van der Waals surface area contributed by atoms with Crippen molar-refractivity contribution in [2.24, 2.45) is 0 Å². The van der Waals surface area contributed by atoms with Gasteiger partial charge in [0, 0.05) is 12.5 Å². The van der Waals surface area contributed by atoms with E-state index in [0.717, 1.165) is 26.2 Å². The van der Waals surface area contributed by atoms with Gasteiger partial charge in [0.2, 0.25) is 0 Å². The van der Waals surface area contributed by atoms with Gasteiger partial charge in [-0.15, -0.1) is 21.5 Å². The van der Waals surface area contributed by atoms with Crippen molar-refractivity contribution in [1.29, 1.82) is 0 Å². The second-order valence-corrected chi connectivity index (χ2v) is 8.08. The fourth-order valence-electron chi connectivity index (χ4n) is 2.01. The quantitative estimate of drug-likeness (QED) is 0.569. The molecule has 0 N–H and O–H groups in total. The SMILES string of the molecule is CCn1c(SCC(=O)c2ccc(Br)s2)nnc1C1CC1. The molecule has 7 heteroatoms. The van der Waals surface area contributed by atoms with E-state index in [2.05, 4.69) is 37.6 Å². The minimum absolute atomic E-state index is 0.143. The molecule has 0 saturated heterocycles. The molecule has 0 amide bonds. The van der Waals surface area contributed by atoms with Gasteiger partial charge in [-0.2, -0.15) is 0 Å². The predicted molar refractivity (Wildman–Crippen MR) is 84.7 cm³/mol. The molecule has 1 aliphatic carbocycles. The van der Waals surface area contributed by atoms with Crippen LogP contribution in [-0.2, 0) is 6.54 Å². The average molecular weight is 372 g/mol. The van der Waals surface area contributed by atoms with E-state index < -0.39 is 0 Å². The third kappa shape index (κ3) is 2.99. The molecule has 2 aromatic heterocycles. The van der Waals surface area contributed by atoms with E-state index in [0.29, 0.717) is 11.7 Å². The molecule has 3 rings (SSSR count). The van der Waals surface area contributed by atoms with Gasteiger partial charge in [-0.05, 0) is 47.8 Å². The summed E-state index contributed by atoms with van der Waals surface area (Å²) in [6, 6.07) is 3.76. The van der Waals surface area contributed by atoms with Gasteiger partial charge in [0.25, 0.3) is 0 Å². The highest BCUT2D eigenvalue weighted by Crippen LogP contribution is 2.40. The van der Waals surface area contributed by atoms with Gasteiger partial charge < -0.3 is 4.57 Å². The summed E-state index contributed by atoms with van der Waals surface area (Å²) in [4.78, 5) is 12.9. The highest BCUT2D eigenvalue weighted by Gasteiger charge is 2.30. The van der Waals surface area contributed by atoms with Crippen molar-refractivity contribution in [2.45, 2.75) is 37.4 Å². The molecule has 20 heavy (non-hydrogen) atoms. The van der Waals surface area contributed by atoms with Crippen LogP contribution < -0.4 is 0 Å². The third-order valence-electron chi connectivity index (χ3n) is 3.18. The Kier molecular flexibility index (Phi) is 4.28. The van der Waals surface area contributed by atoms with Gasteiger partial charge in [0.05, 0.1) is 14.4 Å². The summed E-state index contributed by atoms with van der Waals surface area (Å²) in [5, 5.41) is 9.38. The fourth-order valence-corrected chi connectivity index (χ4v) is 4.32. The summed E-state index contributed by atoms with van der Waals surface area (Å²) in [5.41, 5.74) is 0. The fraction of sp³-hybridized carbons (Fsp3) is 0.462. The predicted octanol–water partition coefficient (Wildman–Crippen LogP) is 3.97. The number of Topliss-reactive ketones (excluding diaryl/α,β-unsaturated/α-hetero) is 1. The molecule has 1 fully saturated rings. The van der Waals surface area contributed by atoms with Crippen LogP contribution in [0, 0.1) is 0 Å². The Morgan fingerprint density at radius 2 is 2.30 bits per heavy atom. The van der Waals surface area contributed by atoms with Crippen LogP contribution in [0.4, 0.5) is 0 Å². The van der Waals surface area contributed by atoms with E-state index in [1.165, 1.54) is 35.9 Å². The number of thiophene rings is 1. The van der Waals surface area contributed by atoms with Crippen LogP contribution in [0.1, 0.15) is 41.2 Å². The summed E-state index contributed by atoms with van der Waals surface area (Å²) < 4.78 is 3.12. The Labute approximate surface area is 134 Å². The van der Waals surface area contributed by atoms with Crippen molar-refractivity contribution >= 4 is 44.8 Å². The zero-order chi connectivity index (χ0) is 14.1. The molecule has 106 valence electrons. The van der Waals surface area contributed by atoms with Crippen molar-refractivity contribution in [3.05, 3.63) is 26.6 Å². The van der Waals surface area contributed by atoms with Gasteiger partial charge in [-0.3, -0.25) is 4.79 Å². The molecule has 4 nitrogen and oxygen atoms in total. The van der Waals surface area contributed by atoms with Crippen molar-refractivity contribution in [2.75, 3.05) is 5.75 Å². The van der Waals surface area contributed by atoms with Crippen molar-refractivity contribution < 1.29 is 4.79 Å². The summed E-state index contributed by atoms with van der Waals surface area (Å²) in [7, 11) is 0. The third-order valence-corrected chi connectivity index (χ3v) is 5.82. The molecule has 0 spiro atoms. The Bertz CT molecular complexity index is 633. The number of hydrogen-bond acceptors (Lipinski definition) is 5. The molecule has 0 unspecified atom stereocenters. The second-order valence-electron chi connectivity index (χ2n) is 4.67. The van der Waals surface area contributed by atoms with Gasteiger partial charge in [-0.1, -0.05) is 11.8 Å². The number of halogens is 1. The monoisotopic (exact) mass is 371 g/mol. The molecule has 0 bridgehead atoms. The van der Waals surface area contributed by atoms with E-state index in [-0.39, 0.29) is 5.78 Å². The van der Waals surface area contributed by atoms with Crippen molar-refractivity contribution in [3.63, 3.8) is 0 Å². The van der Waals surface area contributed by atoms with Crippen LogP contribution in [0.3, 0.4) is 0 Å². The second kappa shape index (κ2) is 5.99. The minimum atomic E-state index is 0.143. The largest absolute Gasteiger partial charge is 0.306 e. The number of aromatic nitrogens is 3. The van der Waals surface area contributed by atoms with Crippen LogP contribution in [0.25, 0.3) is 0 Å². The summed E-state index contributed by atoms with van der Waals surface area (Å²) >= 11 is 6.33. The number of hydrogen-bond donors (Lipinski definition) is 0. The maximum atomic E-state index is 12.1. The van der Waals surface area contributed by atoms with Crippen LogP contribution in [0.2, 0.25) is 0 Å². The number of nitrogens with zero attached hydrogens (tertiary/aromatic N) is 3. The number of thioether (sulfide) groups is 1. The summed E-state index contributed by atoms with van der Waals surface area (Å²) in [5.74, 6) is 2.22. The lowest BCUT2D eigenvalue weighted by atomic mass is 10.4. The molecule has 0 radical (unpaired) electrons. The molecule has 0 aliphatic heterocycles. The van der Waals surface area contributed by atoms with Crippen LogP contribution >= 0.6 is 39.0 Å². The van der Waals surface area contributed by atoms with Crippen molar-refractivity contribution in [1.82, 2.24) is 14.8 Å². The maximum absolute atomic E-state index is 12.1. The molecular formula is C13H14BrN3OS2. The van der Waals surface area contributed by atoms with Crippen molar-refractivity contribution in [3.8, 4) is 0 Å². The van der Waals surface area contributed by atoms with Crippen LogP contribution in [0.15, 0.2) is 21.1 Å². The lowest BCUT2D eigenvalue weighted by Crippen LogP contribution is -2.05. The van der Waals surface area contributed by atoms with Gasteiger partial charge in [0.15, 0.2) is 10.9 Å². The number of rotatable bonds is 6. The van der Waals surface area contributed by atoms with E-state index in [1.807, 2.05) is 12.1 Å². The Hall–Kier alpha value is -0.660. The molecule has 1 saturated carbocycles. The smallest absolute Gasteiger partial charge is 0.191 e. The Morgan fingerprint density at radius 3 is 2.90 bits per heavy atom. The molecule has 1 aliphatic rings. The standard InChI is InChI=1S/C13H14BrN3OS2/c1-2-17-12(8-3-4-8)15-16-13(17)19-7-9(18)10-5-6-11(14)20-10/h5-6,8H,2-4,7H2,1H3. The zero-order valence-corrected chi connectivity index (χ0v) is 14.2. The molecular weight excluding hydrogens is 358 g/mol. The summed E-state index contributed by atoms with van der Waals surface area (Å²) in [6.07, 6.45) is 2.43. The first-order valence-corrected chi connectivity index (χ1v) is 9.13. The lowest BCUT2D eigenvalue weighted by Gasteiger charge is -2.05. The normalized spacial score (nSPS) is 14.7. The Balaban J connectivity index is 1.67. The maximum Gasteiger partial charge on any atom is 0.191 e. The number of ketones is 1. The highest BCUT2D eigenvalue weighted by atomic mass is 79.9. The van der Waals surface area contributed by atoms with E-state index in [9.17, 15) is 4.79 Å². The van der Waals surface area contributed by atoms with E-state index in [1.54, 1.807) is 0 Å². The highest BCUT2D eigenvalue weighted by molar-refractivity contribution is 9.11. The molecule has 2 heterocycles. The number of carbonyl (C=O) groups excluding carboxylic acids is 1. The van der Waals surface area contributed by atoms with Crippen LogP contribution in [-0.4, -0.2) is 26.3 Å². The van der Waals surface area contributed by atoms with Gasteiger partial charge >= 0.3 is 0 Å². The van der Waals surface area contributed by atoms with Gasteiger partial charge in [0.1, 0.15) is 5.82 Å². The Morgan fingerprint density at radius 1 is 1.50 bits per heavy atom. The first-order chi connectivity index (χ1) is 9.69. The first-order valence-electron chi connectivity index (χ1n) is 6.53. The van der Waals surface area contributed by atoms with E-state index >= 15 is 0 Å².